The van der Waals surface area contributed by atoms with E-state index in [4.69, 9.17) is 13.7 Å². The standard InChI is InChI=1S/C20H26F3NO6S/c1-13-7-9-14(10-8-13)31(26,27)28-11-5-4-6-15-17-16(29-19(2,3)30-17)12-24(15)18(25)20(21,22)23/h7-10,15-17H,4-6,11-12H2,1-3H3/t15-,16+,17-/m1/s1. The van der Waals surface area contributed by atoms with Crippen molar-refractivity contribution in [1.29, 1.82) is 0 Å². The average Bonchev–Trinajstić information content (AvgIpc) is 3.12. The number of carbonyl (C=O) groups excluding carboxylic acids is 1. The SMILES string of the molecule is Cc1ccc(S(=O)(=O)OCCCC[C@@H]2[C@H]3OC(C)(C)O[C@H]3CN2C(=O)C(F)(F)F)cc1. The smallest absolute Gasteiger partial charge is 0.343 e. The number of unbranched alkanes of at least 4 members (excludes halogenated alkanes) is 1. The van der Waals surface area contributed by atoms with Crippen molar-refractivity contribution in [1.82, 2.24) is 4.90 Å². The summed E-state index contributed by atoms with van der Waals surface area (Å²) in [6.45, 7) is 4.85. The van der Waals surface area contributed by atoms with E-state index >= 15 is 0 Å². The van der Waals surface area contributed by atoms with Crippen LogP contribution in [0.2, 0.25) is 0 Å². The average molecular weight is 465 g/mol. The Labute approximate surface area is 179 Å². The van der Waals surface area contributed by atoms with E-state index in [2.05, 4.69) is 0 Å². The molecule has 3 rings (SSSR count). The van der Waals surface area contributed by atoms with Gasteiger partial charge in [-0.25, -0.2) is 0 Å². The van der Waals surface area contributed by atoms with E-state index in [1.165, 1.54) is 12.1 Å². The molecule has 0 aliphatic carbocycles. The van der Waals surface area contributed by atoms with Crippen LogP contribution in [0, 0.1) is 6.92 Å². The molecule has 1 aromatic carbocycles. The van der Waals surface area contributed by atoms with Gasteiger partial charge in [-0.1, -0.05) is 17.7 Å². The van der Waals surface area contributed by atoms with Crippen LogP contribution in [0.25, 0.3) is 0 Å². The van der Waals surface area contributed by atoms with Gasteiger partial charge in [0.1, 0.15) is 12.2 Å². The van der Waals surface area contributed by atoms with Crippen LogP contribution in [0.5, 0.6) is 0 Å². The Morgan fingerprint density at radius 1 is 1.19 bits per heavy atom. The van der Waals surface area contributed by atoms with Gasteiger partial charge in [-0.05, 0) is 52.2 Å². The highest BCUT2D eigenvalue weighted by Crippen LogP contribution is 2.39. The van der Waals surface area contributed by atoms with E-state index in [0.29, 0.717) is 6.42 Å². The number of aryl methyl sites for hydroxylation is 1. The van der Waals surface area contributed by atoms with Gasteiger partial charge in [-0.3, -0.25) is 8.98 Å². The molecule has 0 radical (unpaired) electrons. The predicted octanol–water partition coefficient (Wildman–Crippen LogP) is 3.16. The first-order valence-corrected chi connectivity index (χ1v) is 11.4. The van der Waals surface area contributed by atoms with E-state index in [9.17, 15) is 26.4 Å². The van der Waals surface area contributed by atoms with Gasteiger partial charge in [0.2, 0.25) is 0 Å². The topological polar surface area (TPSA) is 82.1 Å². The molecule has 2 aliphatic rings. The van der Waals surface area contributed by atoms with Crippen molar-refractivity contribution in [2.75, 3.05) is 13.2 Å². The monoisotopic (exact) mass is 465 g/mol. The van der Waals surface area contributed by atoms with Crippen LogP contribution in [0.3, 0.4) is 0 Å². The summed E-state index contributed by atoms with van der Waals surface area (Å²) >= 11 is 0. The Bertz CT molecular complexity index is 900. The summed E-state index contributed by atoms with van der Waals surface area (Å²) in [6, 6.07) is 5.40. The molecule has 2 heterocycles. The molecule has 3 atom stereocenters. The molecular formula is C20H26F3NO6S. The fraction of sp³-hybridized carbons (Fsp3) is 0.650. The second-order valence-electron chi connectivity index (χ2n) is 8.25. The third-order valence-electron chi connectivity index (χ3n) is 5.32. The summed E-state index contributed by atoms with van der Waals surface area (Å²) in [5, 5.41) is 0. The molecule has 11 heteroatoms. The summed E-state index contributed by atoms with van der Waals surface area (Å²) in [7, 11) is -3.91. The van der Waals surface area contributed by atoms with Gasteiger partial charge in [0, 0.05) is 0 Å². The molecule has 174 valence electrons. The maximum absolute atomic E-state index is 13.0. The number of hydrogen-bond acceptors (Lipinski definition) is 6. The predicted molar refractivity (Wildman–Crippen MR) is 104 cm³/mol. The van der Waals surface area contributed by atoms with E-state index in [0.717, 1.165) is 10.5 Å². The normalized spacial score (nSPS) is 25.6. The lowest BCUT2D eigenvalue weighted by atomic mass is 10.0. The van der Waals surface area contributed by atoms with E-state index < -0.39 is 46.2 Å². The lowest BCUT2D eigenvalue weighted by molar-refractivity contribution is -0.195. The molecule has 1 aromatic rings. The van der Waals surface area contributed by atoms with Crippen LogP contribution in [-0.4, -0.2) is 62.6 Å². The Hall–Kier alpha value is -1.69. The zero-order chi connectivity index (χ0) is 23.0. The van der Waals surface area contributed by atoms with Crippen molar-refractivity contribution in [3.05, 3.63) is 29.8 Å². The number of carbonyl (C=O) groups is 1. The summed E-state index contributed by atoms with van der Waals surface area (Å²) in [5.41, 5.74) is 0.910. The van der Waals surface area contributed by atoms with E-state index in [-0.39, 0.29) is 30.9 Å². The van der Waals surface area contributed by atoms with Crippen LogP contribution >= 0.6 is 0 Å². The number of rotatable bonds is 7. The molecular weight excluding hydrogens is 439 g/mol. The first-order valence-electron chi connectivity index (χ1n) is 10.00. The van der Waals surface area contributed by atoms with Crippen molar-refractivity contribution in [3.63, 3.8) is 0 Å². The fourth-order valence-corrected chi connectivity index (χ4v) is 4.89. The van der Waals surface area contributed by atoms with Crippen LogP contribution in [0.1, 0.15) is 38.7 Å². The molecule has 0 bridgehead atoms. The molecule has 0 spiro atoms. The van der Waals surface area contributed by atoms with Gasteiger partial charge < -0.3 is 14.4 Å². The number of halogens is 3. The van der Waals surface area contributed by atoms with Gasteiger partial charge in [0.15, 0.2) is 5.79 Å². The Morgan fingerprint density at radius 2 is 1.84 bits per heavy atom. The third-order valence-corrected chi connectivity index (χ3v) is 6.65. The molecule has 0 saturated carbocycles. The van der Waals surface area contributed by atoms with Gasteiger partial charge in [-0.15, -0.1) is 0 Å². The molecule has 31 heavy (non-hydrogen) atoms. The number of benzene rings is 1. The van der Waals surface area contributed by atoms with Crippen LogP contribution < -0.4 is 0 Å². The van der Waals surface area contributed by atoms with Crippen molar-refractivity contribution in [2.45, 2.75) is 75.1 Å². The highest BCUT2D eigenvalue weighted by atomic mass is 32.2. The van der Waals surface area contributed by atoms with Crippen molar-refractivity contribution < 1.29 is 40.0 Å². The zero-order valence-electron chi connectivity index (χ0n) is 17.5. The summed E-state index contributed by atoms with van der Waals surface area (Å²) < 4.78 is 79.8. The minimum absolute atomic E-state index is 0.0393. The van der Waals surface area contributed by atoms with Crippen molar-refractivity contribution in [3.8, 4) is 0 Å². The minimum atomic E-state index is -4.99. The molecule has 0 N–H and O–H groups in total. The molecule has 7 nitrogen and oxygen atoms in total. The number of nitrogens with zero attached hydrogens (tertiary/aromatic N) is 1. The molecule has 2 saturated heterocycles. The molecule has 2 fully saturated rings. The summed E-state index contributed by atoms with van der Waals surface area (Å²) in [4.78, 5) is 12.7. The number of amides is 1. The van der Waals surface area contributed by atoms with Crippen molar-refractivity contribution >= 4 is 16.0 Å². The number of likely N-dealkylation sites (tertiary alicyclic amines) is 1. The number of alkyl halides is 3. The van der Waals surface area contributed by atoms with E-state index in [1.54, 1.807) is 26.0 Å². The Balaban J connectivity index is 1.56. The largest absolute Gasteiger partial charge is 0.471 e. The highest BCUT2D eigenvalue weighted by Gasteiger charge is 2.57. The number of ether oxygens (including phenoxy) is 2. The first kappa shape index (κ1) is 24.0. The molecule has 0 unspecified atom stereocenters. The second-order valence-corrected chi connectivity index (χ2v) is 9.86. The van der Waals surface area contributed by atoms with Gasteiger partial charge in [0.05, 0.1) is 24.1 Å². The third kappa shape index (κ3) is 5.57. The fourth-order valence-electron chi connectivity index (χ4n) is 3.95. The Kier molecular flexibility index (Phi) is 6.71. The summed E-state index contributed by atoms with van der Waals surface area (Å²) in [6.07, 6.45) is -5.45. The van der Waals surface area contributed by atoms with Crippen LogP contribution in [0.4, 0.5) is 13.2 Å². The van der Waals surface area contributed by atoms with E-state index in [1.807, 2.05) is 6.92 Å². The first-order chi connectivity index (χ1) is 14.3. The Morgan fingerprint density at radius 3 is 2.45 bits per heavy atom. The molecule has 2 aliphatic heterocycles. The lowest BCUT2D eigenvalue weighted by Crippen LogP contribution is -2.47. The maximum Gasteiger partial charge on any atom is 0.471 e. The second kappa shape index (κ2) is 8.68. The van der Waals surface area contributed by atoms with Gasteiger partial charge in [-0.2, -0.15) is 21.6 Å². The van der Waals surface area contributed by atoms with Crippen LogP contribution in [0.15, 0.2) is 29.2 Å². The minimum Gasteiger partial charge on any atom is -0.343 e. The maximum atomic E-state index is 13.0. The van der Waals surface area contributed by atoms with Crippen molar-refractivity contribution in [2.24, 2.45) is 0 Å². The molecule has 0 aromatic heterocycles. The zero-order valence-corrected chi connectivity index (χ0v) is 18.3. The highest BCUT2D eigenvalue weighted by molar-refractivity contribution is 7.86. The lowest BCUT2D eigenvalue weighted by Gasteiger charge is -2.30. The molecule has 1 amide bonds. The number of hydrogen-bond donors (Lipinski definition) is 0. The van der Waals surface area contributed by atoms with Gasteiger partial charge in [0.25, 0.3) is 10.1 Å². The van der Waals surface area contributed by atoms with Gasteiger partial charge >= 0.3 is 12.1 Å². The number of fused-ring (bicyclic) bond motifs is 1. The quantitative estimate of drug-likeness (QED) is 0.455. The van der Waals surface area contributed by atoms with Crippen LogP contribution in [-0.2, 0) is 28.6 Å². The summed E-state index contributed by atoms with van der Waals surface area (Å²) in [5.74, 6) is -2.86.